The monoisotopic (exact) mass is 389 g/mol. The highest BCUT2D eigenvalue weighted by molar-refractivity contribution is 7.89. The number of hydrogen-bond acceptors (Lipinski definition) is 4. The van der Waals surface area contributed by atoms with Crippen molar-refractivity contribution in [3.63, 3.8) is 0 Å². The van der Waals surface area contributed by atoms with Crippen LogP contribution >= 0.6 is 11.6 Å². The number of rotatable bonds is 5. The van der Waals surface area contributed by atoms with Crippen molar-refractivity contribution < 1.29 is 8.42 Å². The largest absolute Gasteiger partial charge is 0.385 e. The molecule has 0 radical (unpaired) electrons. The lowest BCUT2D eigenvalue weighted by Crippen LogP contribution is -2.39. The van der Waals surface area contributed by atoms with E-state index in [4.69, 9.17) is 16.9 Å². The second-order valence-electron chi connectivity index (χ2n) is 6.35. The molecule has 3 rings (SSSR count). The fourth-order valence-electron chi connectivity index (χ4n) is 3.07. The van der Waals surface area contributed by atoms with Crippen LogP contribution < -0.4 is 5.32 Å². The molecule has 5 nitrogen and oxygen atoms in total. The van der Waals surface area contributed by atoms with Gasteiger partial charge in [-0.05, 0) is 49.1 Å². The van der Waals surface area contributed by atoms with Gasteiger partial charge in [-0.25, -0.2) is 8.42 Å². The molecule has 0 bridgehead atoms. The fraction of sp³-hybridized carbons (Fsp3) is 0.316. The van der Waals surface area contributed by atoms with Crippen molar-refractivity contribution in [1.29, 1.82) is 5.26 Å². The standard InChI is InChI=1S/C19H20ClN3O2S/c20-19-12-17(7-6-16(19)13-21)22-14-15-8-10-23(11-9-15)26(24,25)18-4-2-1-3-5-18/h1-7,12,15,22H,8-11,14H2. The first-order chi connectivity index (χ1) is 12.5. The van der Waals surface area contributed by atoms with Gasteiger partial charge in [0.15, 0.2) is 0 Å². The molecule has 1 heterocycles. The Labute approximate surface area is 159 Å². The van der Waals surface area contributed by atoms with E-state index in [9.17, 15) is 8.42 Å². The van der Waals surface area contributed by atoms with Crippen LogP contribution in [0.3, 0.4) is 0 Å². The van der Waals surface area contributed by atoms with Gasteiger partial charge in [0.1, 0.15) is 6.07 Å². The Kier molecular flexibility index (Phi) is 5.82. The molecular weight excluding hydrogens is 370 g/mol. The van der Waals surface area contributed by atoms with Crippen LogP contribution in [0, 0.1) is 17.2 Å². The zero-order valence-electron chi connectivity index (χ0n) is 14.2. The van der Waals surface area contributed by atoms with Crippen LogP contribution in [0.1, 0.15) is 18.4 Å². The molecule has 1 N–H and O–H groups in total. The van der Waals surface area contributed by atoms with Crippen LogP contribution in [-0.4, -0.2) is 32.4 Å². The van der Waals surface area contributed by atoms with Crippen molar-refractivity contribution >= 4 is 27.3 Å². The summed E-state index contributed by atoms with van der Waals surface area (Å²) in [6.45, 7) is 1.80. The van der Waals surface area contributed by atoms with Gasteiger partial charge in [-0.1, -0.05) is 29.8 Å². The number of nitriles is 1. The third-order valence-corrected chi connectivity index (χ3v) is 6.86. The molecule has 2 aromatic carbocycles. The average Bonchev–Trinajstić information content (AvgIpc) is 2.67. The summed E-state index contributed by atoms with van der Waals surface area (Å²) in [6, 6.07) is 15.9. The van der Waals surface area contributed by atoms with Crippen molar-refractivity contribution in [1.82, 2.24) is 4.31 Å². The molecule has 0 aromatic heterocycles. The van der Waals surface area contributed by atoms with Crippen molar-refractivity contribution in [3.05, 3.63) is 59.1 Å². The fourth-order valence-corrected chi connectivity index (χ4v) is 4.79. The molecule has 1 saturated heterocycles. The molecule has 0 atom stereocenters. The van der Waals surface area contributed by atoms with Gasteiger partial charge in [-0.15, -0.1) is 0 Å². The number of sulfonamides is 1. The second-order valence-corrected chi connectivity index (χ2v) is 8.69. The molecule has 26 heavy (non-hydrogen) atoms. The van der Waals surface area contributed by atoms with Crippen LogP contribution in [0.15, 0.2) is 53.4 Å². The van der Waals surface area contributed by atoms with E-state index in [0.717, 1.165) is 25.1 Å². The number of anilines is 1. The molecule has 7 heteroatoms. The zero-order chi connectivity index (χ0) is 18.6. The quantitative estimate of drug-likeness (QED) is 0.845. The summed E-state index contributed by atoms with van der Waals surface area (Å²) in [6.07, 6.45) is 1.62. The van der Waals surface area contributed by atoms with Gasteiger partial charge in [0.2, 0.25) is 10.0 Å². The van der Waals surface area contributed by atoms with Crippen LogP contribution in [-0.2, 0) is 10.0 Å². The van der Waals surface area contributed by atoms with Crippen LogP contribution in [0.2, 0.25) is 5.02 Å². The van der Waals surface area contributed by atoms with Crippen molar-refractivity contribution in [2.45, 2.75) is 17.7 Å². The molecule has 0 unspecified atom stereocenters. The first kappa shape index (κ1) is 18.7. The molecule has 1 aliphatic heterocycles. The highest BCUT2D eigenvalue weighted by atomic mass is 35.5. The number of benzene rings is 2. The van der Waals surface area contributed by atoms with E-state index < -0.39 is 10.0 Å². The Morgan fingerprint density at radius 3 is 2.46 bits per heavy atom. The summed E-state index contributed by atoms with van der Waals surface area (Å²) in [5.41, 5.74) is 1.32. The van der Waals surface area contributed by atoms with Gasteiger partial charge in [0.25, 0.3) is 0 Å². The Morgan fingerprint density at radius 1 is 1.15 bits per heavy atom. The Morgan fingerprint density at radius 2 is 1.85 bits per heavy atom. The number of nitrogens with one attached hydrogen (secondary N) is 1. The van der Waals surface area contributed by atoms with E-state index in [-0.39, 0.29) is 0 Å². The van der Waals surface area contributed by atoms with E-state index >= 15 is 0 Å². The summed E-state index contributed by atoms with van der Waals surface area (Å²) >= 11 is 6.04. The second kappa shape index (κ2) is 8.09. The maximum atomic E-state index is 12.6. The minimum Gasteiger partial charge on any atom is -0.385 e. The van der Waals surface area contributed by atoms with Crippen molar-refractivity contribution in [2.75, 3.05) is 25.0 Å². The first-order valence-corrected chi connectivity index (χ1v) is 10.3. The van der Waals surface area contributed by atoms with Crippen LogP contribution in [0.4, 0.5) is 5.69 Å². The summed E-state index contributed by atoms with van der Waals surface area (Å²) in [5.74, 6) is 0.395. The van der Waals surface area contributed by atoms with Crippen molar-refractivity contribution in [3.8, 4) is 6.07 Å². The average molecular weight is 390 g/mol. The normalized spacial score (nSPS) is 16.2. The molecule has 136 valence electrons. The first-order valence-electron chi connectivity index (χ1n) is 8.49. The van der Waals surface area contributed by atoms with Gasteiger partial charge >= 0.3 is 0 Å². The van der Waals surface area contributed by atoms with E-state index in [1.165, 1.54) is 0 Å². The third-order valence-electron chi connectivity index (χ3n) is 4.64. The number of piperidine rings is 1. The summed E-state index contributed by atoms with van der Waals surface area (Å²) < 4.78 is 26.8. The maximum absolute atomic E-state index is 12.6. The van der Waals surface area contributed by atoms with E-state index in [1.54, 1.807) is 40.7 Å². The van der Waals surface area contributed by atoms with Gasteiger partial charge in [-0.2, -0.15) is 9.57 Å². The smallest absolute Gasteiger partial charge is 0.243 e. The number of hydrogen-bond donors (Lipinski definition) is 1. The highest BCUT2D eigenvalue weighted by Crippen LogP contribution is 2.25. The lowest BCUT2D eigenvalue weighted by atomic mass is 9.98. The van der Waals surface area contributed by atoms with Crippen LogP contribution in [0.5, 0.6) is 0 Å². The Balaban J connectivity index is 1.54. The van der Waals surface area contributed by atoms with Crippen LogP contribution in [0.25, 0.3) is 0 Å². The van der Waals surface area contributed by atoms with Crippen molar-refractivity contribution in [2.24, 2.45) is 5.92 Å². The van der Waals surface area contributed by atoms with E-state index in [2.05, 4.69) is 5.32 Å². The minimum atomic E-state index is -3.40. The molecule has 1 aliphatic rings. The van der Waals surface area contributed by atoms with E-state index in [1.807, 2.05) is 18.2 Å². The summed E-state index contributed by atoms with van der Waals surface area (Å²) in [4.78, 5) is 0.351. The lowest BCUT2D eigenvalue weighted by Gasteiger charge is -2.31. The SMILES string of the molecule is N#Cc1ccc(NCC2CCN(S(=O)(=O)c3ccccc3)CC2)cc1Cl. The van der Waals surface area contributed by atoms with Gasteiger partial charge in [0.05, 0.1) is 15.5 Å². The Hall–Kier alpha value is -2.07. The molecule has 0 saturated carbocycles. The van der Waals surface area contributed by atoms with Gasteiger partial charge in [-0.3, -0.25) is 0 Å². The van der Waals surface area contributed by atoms with Gasteiger partial charge in [0, 0.05) is 25.3 Å². The molecule has 0 spiro atoms. The predicted octanol–water partition coefficient (Wildman–Crippen LogP) is 3.72. The minimum absolute atomic E-state index is 0.351. The molecule has 1 fully saturated rings. The topological polar surface area (TPSA) is 73.2 Å². The third kappa shape index (κ3) is 4.18. The Bertz CT molecular complexity index is 902. The molecular formula is C19H20ClN3O2S. The van der Waals surface area contributed by atoms with Gasteiger partial charge < -0.3 is 5.32 Å². The zero-order valence-corrected chi connectivity index (χ0v) is 15.8. The maximum Gasteiger partial charge on any atom is 0.243 e. The predicted molar refractivity (Wildman–Crippen MR) is 103 cm³/mol. The highest BCUT2D eigenvalue weighted by Gasteiger charge is 2.29. The lowest BCUT2D eigenvalue weighted by molar-refractivity contribution is 0.282. The molecule has 2 aromatic rings. The summed E-state index contributed by atoms with van der Waals surface area (Å²) in [7, 11) is -3.40. The number of nitrogens with zero attached hydrogens (tertiary/aromatic N) is 2. The number of halogens is 1. The molecule has 0 amide bonds. The molecule has 0 aliphatic carbocycles. The van der Waals surface area contributed by atoms with E-state index in [0.29, 0.717) is 34.5 Å². The summed E-state index contributed by atoms with van der Waals surface area (Å²) in [5, 5.41) is 12.7.